The van der Waals surface area contributed by atoms with E-state index in [1.165, 1.54) is 5.56 Å². The monoisotopic (exact) mass is 218 g/mol. The average Bonchev–Trinajstić information content (AvgIpc) is 2.26. The fraction of sp³-hybridized carbons (Fsp3) is 0.600. The minimum atomic E-state index is -0.582. The molecule has 0 aromatic heterocycles. The molecule has 1 aromatic carbocycles. The molecule has 88 valence electrons. The zero-order valence-corrected chi connectivity index (χ0v) is 10.6. The minimum absolute atomic E-state index is 0.205. The Morgan fingerprint density at radius 3 is 2.38 bits per heavy atom. The highest BCUT2D eigenvalue weighted by atomic mass is 16.3. The molecule has 1 aromatic rings. The molecule has 1 N–H and O–H groups in total. The topological polar surface area (TPSA) is 20.2 Å². The second-order valence-electron chi connectivity index (χ2n) is 5.71. The largest absolute Gasteiger partial charge is 0.385 e. The van der Waals surface area contributed by atoms with E-state index in [1.54, 1.807) is 0 Å². The Hall–Kier alpha value is -0.820. The second kappa shape index (κ2) is 3.89. The molecule has 0 radical (unpaired) electrons. The molecule has 1 nitrogen and oxygen atoms in total. The third kappa shape index (κ3) is 1.78. The summed E-state index contributed by atoms with van der Waals surface area (Å²) >= 11 is 0. The Morgan fingerprint density at radius 2 is 1.75 bits per heavy atom. The lowest BCUT2D eigenvalue weighted by atomic mass is 9.66. The lowest BCUT2D eigenvalue weighted by molar-refractivity contribution is -0.000202. The van der Waals surface area contributed by atoms with Crippen LogP contribution in [0.3, 0.4) is 0 Å². The van der Waals surface area contributed by atoms with Crippen LogP contribution in [0.4, 0.5) is 0 Å². The fourth-order valence-electron chi connectivity index (χ4n) is 2.94. The maximum atomic E-state index is 10.8. The van der Waals surface area contributed by atoms with Gasteiger partial charge in [0.1, 0.15) is 0 Å². The maximum Gasteiger partial charge on any atom is 0.0899 e. The molecule has 0 amide bonds. The summed E-state index contributed by atoms with van der Waals surface area (Å²) < 4.78 is 0. The van der Waals surface area contributed by atoms with Crippen LogP contribution in [0.1, 0.15) is 57.6 Å². The third-order valence-electron chi connectivity index (χ3n) is 3.98. The molecule has 0 bridgehead atoms. The predicted molar refractivity (Wildman–Crippen MR) is 67.5 cm³/mol. The van der Waals surface area contributed by atoms with Crippen LogP contribution in [0.25, 0.3) is 0 Å². The van der Waals surface area contributed by atoms with Crippen molar-refractivity contribution < 1.29 is 5.11 Å². The number of fused-ring (bicyclic) bond motifs is 1. The second-order valence-corrected chi connectivity index (χ2v) is 5.71. The van der Waals surface area contributed by atoms with Crippen molar-refractivity contribution in [1.82, 2.24) is 0 Å². The van der Waals surface area contributed by atoms with E-state index < -0.39 is 5.60 Å². The summed E-state index contributed by atoms with van der Waals surface area (Å²) in [5, 5.41) is 10.8. The fourth-order valence-corrected chi connectivity index (χ4v) is 2.94. The van der Waals surface area contributed by atoms with Gasteiger partial charge in [-0.05, 0) is 35.8 Å². The van der Waals surface area contributed by atoms with E-state index in [9.17, 15) is 5.11 Å². The quantitative estimate of drug-likeness (QED) is 0.801. The third-order valence-corrected chi connectivity index (χ3v) is 3.98. The van der Waals surface area contributed by atoms with E-state index in [2.05, 4.69) is 39.0 Å². The van der Waals surface area contributed by atoms with Crippen molar-refractivity contribution in [2.75, 3.05) is 0 Å². The highest BCUT2D eigenvalue weighted by Crippen LogP contribution is 2.46. The van der Waals surface area contributed by atoms with Gasteiger partial charge in [0.05, 0.1) is 5.60 Å². The summed E-state index contributed by atoms with van der Waals surface area (Å²) in [6.07, 6.45) is 3.87. The van der Waals surface area contributed by atoms with Crippen LogP contribution >= 0.6 is 0 Å². The molecule has 1 aliphatic rings. The molecule has 1 unspecified atom stereocenters. The standard InChI is InChI=1S/C15H22O/c1-4-9-15(16)11-10-14(2,3)12-7-5-6-8-13(12)15/h5-8,16H,4,9-11H2,1-3H3. The van der Waals surface area contributed by atoms with E-state index in [-0.39, 0.29) is 5.41 Å². The molecular weight excluding hydrogens is 196 g/mol. The van der Waals surface area contributed by atoms with Crippen molar-refractivity contribution in [3.63, 3.8) is 0 Å². The summed E-state index contributed by atoms with van der Waals surface area (Å²) in [7, 11) is 0. The summed E-state index contributed by atoms with van der Waals surface area (Å²) in [5.74, 6) is 0. The van der Waals surface area contributed by atoms with Gasteiger partial charge < -0.3 is 5.11 Å². The van der Waals surface area contributed by atoms with Gasteiger partial charge in [0.15, 0.2) is 0 Å². The van der Waals surface area contributed by atoms with Gasteiger partial charge in [0.25, 0.3) is 0 Å². The van der Waals surface area contributed by atoms with Crippen molar-refractivity contribution in [3.8, 4) is 0 Å². The van der Waals surface area contributed by atoms with E-state index in [0.29, 0.717) is 0 Å². The molecule has 0 fully saturated rings. The van der Waals surface area contributed by atoms with Crippen molar-refractivity contribution in [2.45, 2.75) is 57.5 Å². The SMILES string of the molecule is CCCC1(O)CCC(C)(C)c2ccccc21. The van der Waals surface area contributed by atoms with Gasteiger partial charge in [-0.2, -0.15) is 0 Å². The molecule has 16 heavy (non-hydrogen) atoms. The van der Waals surface area contributed by atoms with Crippen LogP contribution in [0.15, 0.2) is 24.3 Å². The van der Waals surface area contributed by atoms with Gasteiger partial charge in [-0.25, -0.2) is 0 Å². The molecule has 0 heterocycles. The van der Waals surface area contributed by atoms with Crippen LogP contribution < -0.4 is 0 Å². The molecular formula is C15H22O. The van der Waals surface area contributed by atoms with E-state index in [1.807, 2.05) is 6.07 Å². The minimum Gasteiger partial charge on any atom is -0.385 e. The summed E-state index contributed by atoms with van der Waals surface area (Å²) in [6, 6.07) is 8.40. The molecule has 1 aliphatic carbocycles. The van der Waals surface area contributed by atoms with Gasteiger partial charge in [0, 0.05) is 0 Å². The first-order valence-electron chi connectivity index (χ1n) is 6.32. The van der Waals surface area contributed by atoms with Crippen molar-refractivity contribution in [1.29, 1.82) is 0 Å². The van der Waals surface area contributed by atoms with E-state index in [4.69, 9.17) is 0 Å². The summed E-state index contributed by atoms with van der Waals surface area (Å²) in [5.41, 5.74) is 2.11. The van der Waals surface area contributed by atoms with Crippen LogP contribution in [0.2, 0.25) is 0 Å². The first kappa shape index (κ1) is 11.7. The van der Waals surface area contributed by atoms with Gasteiger partial charge in [-0.1, -0.05) is 51.5 Å². The van der Waals surface area contributed by atoms with Crippen LogP contribution in [-0.2, 0) is 11.0 Å². The Bertz CT molecular complexity index is 381. The predicted octanol–water partition coefficient (Wildman–Crippen LogP) is 3.75. The zero-order chi connectivity index (χ0) is 11.8. The van der Waals surface area contributed by atoms with Gasteiger partial charge >= 0.3 is 0 Å². The Morgan fingerprint density at radius 1 is 1.12 bits per heavy atom. The number of aliphatic hydroxyl groups is 1. The molecule has 1 atom stereocenters. The lowest BCUT2D eigenvalue weighted by Gasteiger charge is -2.42. The first-order chi connectivity index (χ1) is 7.49. The van der Waals surface area contributed by atoms with E-state index in [0.717, 1.165) is 31.2 Å². The van der Waals surface area contributed by atoms with Gasteiger partial charge in [0.2, 0.25) is 0 Å². The summed E-state index contributed by atoms with van der Waals surface area (Å²) in [6.45, 7) is 6.69. The highest BCUT2D eigenvalue weighted by molar-refractivity contribution is 5.40. The molecule has 0 aliphatic heterocycles. The molecule has 0 saturated heterocycles. The van der Waals surface area contributed by atoms with Crippen molar-refractivity contribution in [3.05, 3.63) is 35.4 Å². The Kier molecular flexibility index (Phi) is 2.83. The number of hydrogen-bond acceptors (Lipinski definition) is 1. The normalized spacial score (nSPS) is 27.5. The first-order valence-corrected chi connectivity index (χ1v) is 6.32. The average molecular weight is 218 g/mol. The van der Waals surface area contributed by atoms with E-state index >= 15 is 0 Å². The number of rotatable bonds is 2. The zero-order valence-electron chi connectivity index (χ0n) is 10.6. The Balaban J connectivity index is 2.51. The Labute approximate surface area is 98.5 Å². The van der Waals surface area contributed by atoms with Crippen molar-refractivity contribution in [2.24, 2.45) is 0 Å². The lowest BCUT2D eigenvalue weighted by Crippen LogP contribution is -2.37. The van der Waals surface area contributed by atoms with Crippen molar-refractivity contribution >= 4 is 0 Å². The summed E-state index contributed by atoms with van der Waals surface area (Å²) in [4.78, 5) is 0. The maximum absolute atomic E-state index is 10.8. The van der Waals surface area contributed by atoms with Crippen LogP contribution in [0, 0.1) is 0 Å². The molecule has 0 saturated carbocycles. The molecule has 0 spiro atoms. The highest BCUT2D eigenvalue weighted by Gasteiger charge is 2.40. The molecule has 2 rings (SSSR count). The van der Waals surface area contributed by atoms with Crippen LogP contribution in [-0.4, -0.2) is 5.11 Å². The van der Waals surface area contributed by atoms with Gasteiger partial charge in [-0.3, -0.25) is 0 Å². The van der Waals surface area contributed by atoms with Crippen LogP contribution in [0.5, 0.6) is 0 Å². The number of benzene rings is 1. The smallest absolute Gasteiger partial charge is 0.0899 e. The van der Waals surface area contributed by atoms with Gasteiger partial charge in [-0.15, -0.1) is 0 Å². The molecule has 1 heteroatoms. The number of hydrogen-bond donors (Lipinski definition) is 1.